The first-order valence-electron chi connectivity index (χ1n) is 16.5. The summed E-state index contributed by atoms with van der Waals surface area (Å²) in [6, 6.07) is 1.50. The Kier molecular flexibility index (Phi) is 11.9. The number of rotatable bonds is 11. The Bertz CT molecular complexity index is 1470. The lowest BCUT2D eigenvalue weighted by molar-refractivity contribution is -0.148. The van der Waals surface area contributed by atoms with E-state index in [1.165, 1.54) is 17.0 Å². The van der Waals surface area contributed by atoms with Crippen LogP contribution in [0.25, 0.3) is 0 Å². The normalized spacial score (nSPS) is 22.4. The number of piperazine rings is 1. The summed E-state index contributed by atoms with van der Waals surface area (Å²) in [6.45, 7) is 9.06. The Hall–Kier alpha value is -4.01. The summed E-state index contributed by atoms with van der Waals surface area (Å²) < 4.78 is 48.2. The number of carbonyl (C=O) groups is 4. The lowest BCUT2D eigenvalue weighted by atomic mass is 9.79. The van der Waals surface area contributed by atoms with Gasteiger partial charge in [0.25, 0.3) is 11.8 Å². The van der Waals surface area contributed by atoms with Gasteiger partial charge >= 0.3 is 5.92 Å². The first-order chi connectivity index (χ1) is 22.6. The van der Waals surface area contributed by atoms with Crippen molar-refractivity contribution in [3.05, 3.63) is 41.0 Å². The molecular weight excluding hydrogens is 631 g/mol. The van der Waals surface area contributed by atoms with Gasteiger partial charge in [-0.1, -0.05) is 44.8 Å². The van der Waals surface area contributed by atoms with Crippen LogP contribution in [0.15, 0.2) is 22.8 Å². The number of benzene rings is 1. The van der Waals surface area contributed by atoms with Crippen molar-refractivity contribution in [1.82, 2.24) is 30.7 Å². The van der Waals surface area contributed by atoms with E-state index in [2.05, 4.69) is 38.1 Å². The maximum Gasteiger partial charge on any atom is 0.321 e. The number of hydrogen-bond acceptors (Lipinski definition) is 8. The maximum atomic E-state index is 15.6. The predicted molar refractivity (Wildman–Crippen MR) is 171 cm³/mol. The van der Waals surface area contributed by atoms with Crippen LogP contribution < -0.4 is 16.0 Å². The molecule has 1 aliphatic carbocycles. The number of nitrogens with zero attached hydrogens (tertiary/aromatic N) is 4. The van der Waals surface area contributed by atoms with Gasteiger partial charge < -0.3 is 25.8 Å². The predicted octanol–water partition coefficient (Wildman–Crippen LogP) is 3.74. The summed E-state index contributed by atoms with van der Waals surface area (Å²) in [7, 11) is 1.91. The molecule has 1 aliphatic heterocycles. The van der Waals surface area contributed by atoms with Crippen LogP contribution in [0.4, 0.5) is 18.9 Å². The van der Waals surface area contributed by atoms with Gasteiger partial charge in [0.2, 0.25) is 11.8 Å². The van der Waals surface area contributed by atoms with E-state index in [1.807, 2.05) is 14.0 Å². The summed E-state index contributed by atoms with van der Waals surface area (Å²) in [4.78, 5) is 56.3. The van der Waals surface area contributed by atoms with Gasteiger partial charge in [-0.05, 0) is 67.9 Å². The lowest BCUT2D eigenvalue weighted by Crippen LogP contribution is -2.59. The monoisotopic (exact) mass is 677 g/mol. The molecule has 1 aromatic carbocycles. The fraction of sp³-hybridized carbons (Fsp3) is 0.636. The summed E-state index contributed by atoms with van der Waals surface area (Å²) in [6.07, 6.45) is 3.49. The van der Waals surface area contributed by atoms with Crippen LogP contribution >= 0.6 is 0 Å². The van der Waals surface area contributed by atoms with Gasteiger partial charge in [0.05, 0.1) is 5.69 Å². The van der Waals surface area contributed by atoms with Crippen LogP contribution in [-0.2, 0) is 20.8 Å². The number of hydrogen-bond donors (Lipinski definition) is 3. The van der Waals surface area contributed by atoms with Crippen molar-refractivity contribution in [3.8, 4) is 0 Å². The average Bonchev–Trinajstić information content (AvgIpc) is 3.53. The summed E-state index contributed by atoms with van der Waals surface area (Å²) in [5, 5.41) is 15.0. The van der Waals surface area contributed by atoms with Crippen molar-refractivity contribution in [2.24, 2.45) is 11.8 Å². The molecule has 12 nitrogen and oxygen atoms in total. The standard InChI is InChI=1S/C33H46F3N7O5/c1-7-24-28(41-48-40-24)30(45)38-27(21-10-8-18(2)9-11-21)29(44)37-25-13-12-22(16-23(25)34)20(4)26(39-32(47)33(5,35)36)31(46)43-15-14-42(6)19(3)17-43/h12-13,16,18-21,26-27H,7-11,14-15,17H2,1-6H3,(H,37,44)(H,38,45)(H,39,47)/t18?,19-,20-,21?,26+,27-/m0/s1. The Morgan fingerprint density at radius 3 is 2.35 bits per heavy atom. The number of likely N-dealkylation sites (N-methyl/N-ethyl adjacent to an activating group) is 1. The third-order valence-corrected chi connectivity index (χ3v) is 9.71. The zero-order chi connectivity index (χ0) is 35.3. The molecule has 2 heterocycles. The van der Waals surface area contributed by atoms with E-state index < -0.39 is 53.4 Å². The van der Waals surface area contributed by atoms with Crippen molar-refractivity contribution in [2.75, 3.05) is 32.0 Å². The summed E-state index contributed by atoms with van der Waals surface area (Å²) in [5.41, 5.74) is 0.406. The molecule has 0 spiro atoms. The van der Waals surface area contributed by atoms with Gasteiger partial charge in [0.15, 0.2) is 5.69 Å². The van der Waals surface area contributed by atoms with Crippen molar-refractivity contribution < 1.29 is 37.0 Å². The van der Waals surface area contributed by atoms with Crippen molar-refractivity contribution >= 4 is 29.3 Å². The molecule has 2 aromatic rings. The fourth-order valence-electron chi connectivity index (χ4n) is 6.27. The SMILES string of the molecule is CCc1nonc1C(=O)N[C@H](C(=O)Nc1ccc([C@H](C)[C@@H](NC(=O)C(C)(F)F)C(=O)N2CCN(C)[C@@H](C)C2)cc1F)C1CCC(C)CC1. The highest BCUT2D eigenvalue weighted by molar-refractivity contribution is 6.01. The van der Waals surface area contributed by atoms with Gasteiger partial charge in [-0.25, -0.2) is 9.02 Å². The Morgan fingerprint density at radius 1 is 1.06 bits per heavy atom. The average molecular weight is 678 g/mol. The summed E-state index contributed by atoms with van der Waals surface area (Å²) in [5.74, 6) is -8.62. The van der Waals surface area contributed by atoms with Crippen LogP contribution in [0.2, 0.25) is 0 Å². The molecule has 0 unspecified atom stereocenters. The molecule has 4 amide bonds. The third-order valence-electron chi connectivity index (χ3n) is 9.71. The molecule has 2 aliphatic rings. The van der Waals surface area contributed by atoms with E-state index in [0.717, 1.165) is 18.9 Å². The number of carbonyl (C=O) groups excluding carboxylic acids is 4. The Labute approximate surface area is 278 Å². The molecule has 4 atom stereocenters. The largest absolute Gasteiger partial charge is 0.339 e. The highest BCUT2D eigenvalue weighted by Gasteiger charge is 2.40. The molecule has 1 saturated heterocycles. The van der Waals surface area contributed by atoms with Gasteiger partial charge in [-0.15, -0.1) is 0 Å². The van der Waals surface area contributed by atoms with Crippen LogP contribution in [0.5, 0.6) is 0 Å². The van der Waals surface area contributed by atoms with E-state index in [1.54, 1.807) is 13.8 Å². The highest BCUT2D eigenvalue weighted by atomic mass is 19.3. The number of aromatic nitrogens is 2. The topological polar surface area (TPSA) is 150 Å². The van der Waals surface area contributed by atoms with E-state index >= 15 is 4.39 Å². The van der Waals surface area contributed by atoms with Gasteiger partial charge in [0, 0.05) is 38.5 Å². The molecule has 48 heavy (non-hydrogen) atoms. The number of anilines is 1. The van der Waals surface area contributed by atoms with Gasteiger partial charge in [-0.2, -0.15) is 8.78 Å². The maximum absolute atomic E-state index is 15.6. The lowest BCUT2D eigenvalue weighted by Gasteiger charge is -2.40. The molecule has 1 aromatic heterocycles. The third kappa shape index (κ3) is 8.71. The number of halogens is 3. The second-order valence-corrected chi connectivity index (χ2v) is 13.4. The minimum Gasteiger partial charge on any atom is -0.339 e. The number of alkyl halides is 2. The number of nitrogens with one attached hydrogen (secondary N) is 3. The quantitative estimate of drug-likeness (QED) is 0.326. The fourth-order valence-corrected chi connectivity index (χ4v) is 6.27. The van der Waals surface area contributed by atoms with Crippen molar-refractivity contribution in [2.45, 2.75) is 96.7 Å². The number of aryl methyl sites for hydroxylation is 1. The van der Waals surface area contributed by atoms with Crippen molar-refractivity contribution in [3.63, 3.8) is 0 Å². The number of amides is 4. The second-order valence-electron chi connectivity index (χ2n) is 13.4. The minimum absolute atomic E-state index is 0.00856. The first kappa shape index (κ1) is 36.8. The van der Waals surface area contributed by atoms with E-state index in [0.29, 0.717) is 57.4 Å². The smallest absolute Gasteiger partial charge is 0.321 e. The molecule has 0 radical (unpaired) electrons. The Morgan fingerprint density at radius 2 is 1.75 bits per heavy atom. The summed E-state index contributed by atoms with van der Waals surface area (Å²) >= 11 is 0. The van der Waals surface area contributed by atoms with E-state index in [4.69, 9.17) is 4.63 Å². The molecule has 4 rings (SSSR count). The molecule has 0 bridgehead atoms. The molecule has 3 N–H and O–H groups in total. The second kappa shape index (κ2) is 15.5. The molecule has 15 heteroatoms. The van der Waals surface area contributed by atoms with Crippen LogP contribution in [0, 0.1) is 17.7 Å². The van der Waals surface area contributed by atoms with Crippen molar-refractivity contribution in [1.29, 1.82) is 0 Å². The highest BCUT2D eigenvalue weighted by Crippen LogP contribution is 2.32. The minimum atomic E-state index is -3.74. The molecule has 1 saturated carbocycles. The zero-order valence-electron chi connectivity index (χ0n) is 28.3. The van der Waals surface area contributed by atoms with Crippen LogP contribution in [-0.4, -0.2) is 94.5 Å². The van der Waals surface area contributed by atoms with Gasteiger partial charge in [0.1, 0.15) is 23.6 Å². The van der Waals surface area contributed by atoms with E-state index in [9.17, 15) is 28.0 Å². The molecule has 2 fully saturated rings. The Balaban J connectivity index is 1.55. The van der Waals surface area contributed by atoms with E-state index in [-0.39, 0.29) is 28.9 Å². The first-order valence-corrected chi connectivity index (χ1v) is 16.5. The molecule has 264 valence electrons. The van der Waals surface area contributed by atoms with Crippen LogP contribution in [0.3, 0.4) is 0 Å². The van der Waals surface area contributed by atoms with Gasteiger partial charge in [-0.3, -0.25) is 19.2 Å². The zero-order valence-corrected chi connectivity index (χ0v) is 28.3. The van der Waals surface area contributed by atoms with Crippen LogP contribution in [0.1, 0.15) is 88.0 Å². The molecular formula is C33H46F3N7O5.